The van der Waals surface area contributed by atoms with Gasteiger partial charge in [0.05, 0.1) is 36.7 Å². The number of Topliss-reactive ketones (excluding diaryl/α,β-unsaturated/α-hetero) is 2. The SMILES string of the molecule is CC[C@H]1OC(=O)[C@@](C)(F)C(=O)[C@H](C)[C@@H](OC[C@@H](O)CN2CCCCC2)[C@](C)(OC)C[C@@H](C)C(=O)[C@H](C)[C@H]2N(CCCCn3cc(-c4cccc(N)c4)nn3)C(=O)O[C@]12C. The molecule has 1 amide bonds. The van der Waals surface area contributed by atoms with Crippen LogP contribution in [0.5, 0.6) is 0 Å². The van der Waals surface area contributed by atoms with Crippen molar-refractivity contribution < 1.29 is 47.6 Å². The monoisotopic (exact) mass is 828 g/mol. The van der Waals surface area contributed by atoms with E-state index in [-0.39, 0.29) is 31.8 Å². The van der Waals surface area contributed by atoms with Gasteiger partial charge >= 0.3 is 12.1 Å². The van der Waals surface area contributed by atoms with E-state index in [0.29, 0.717) is 37.3 Å². The Labute approximate surface area is 347 Å². The van der Waals surface area contributed by atoms with Crippen LogP contribution in [0.4, 0.5) is 14.9 Å². The molecule has 0 unspecified atom stereocenters. The second-order valence-corrected chi connectivity index (χ2v) is 17.4. The molecule has 3 saturated heterocycles. The van der Waals surface area contributed by atoms with Crippen LogP contribution >= 0.6 is 0 Å². The number of fused-ring (bicyclic) bond motifs is 1. The third-order valence-electron chi connectivity index (χ3n) is 12.8. The molecule has 59 heavy (non-hydrogen) atoms. The van der Waals surface area contributed by atoms with E-state index >= 15 is 4.39 Å². The maximum atomic E-state index is 16.8. The summed E-state index contributed by atoms with van der Waals surface area (Å²) in [6.07, 6.45) is 2.29. The van der Waals surface area contributed by atoms with Crippen molar-refractivity contribution in [2.75, 3.05) is 45.6 Å². The number of esters is 1. The van der Waals surface area contributed by atoms with Gasteiger partial charge in [0.1, 0.15) is 17.6 Å². The number of rotatable bonds is 13. The summed E-state index contributed by atoms with van der Waals surface area (Å²) in [5, 5.41) is 19.5. The summed E-state index contributed by atoms with van der Waals surface area (Å²) in [4.78, 5) is 60.0. The predicted octanol–water partition coefficient (Wildman–Crippen LogP) is 5.02. The topological polar surface area (TPSA) is 189 Å². The van der Waals surface area contributed by atoms with E-state index in [4.69, 9.17) is 24.7 Å². The number of nitrogens with zero attached hydrogens (tertiary/aromatic N) is 5. The number of benzene rings is 1. The molecular formula is C43H65FN6O9. The minimum absolute atomic E-state index is 0.0511. The lowest BCUT2D eigenvalue weighted by Gasteiger charge is -2.44. The number of carbonyl (C=O) groups is 4. The quantitative estimate of drug-likeness (QED) is 0.119. The number of hydrogen-bond donors (Lipinski definition) is 2. The highest BCUT2D eigenvalue weighted by molar-refractivity contribution is 6.08. The van der Waals surface area contributed by atoms with Gasteiger partial charge in [-0.2, -0.15) is 0 Å². The van der Waals surface area contributed by atoms with Gasteiger partial charge in [-0.25, -0.2) is 14.0 Å². The van der Waals surface area contributed by atoms with Crippen LogP contribution < -0.4 is 5.73 Å². The van der Waals surface area contributed by atoms with Crippen LogP contribution in [-0.4, -0.2) is 135 Å². The number of ketones is 2. The summed E-state index contributed by atoms with van der Waals surface area (Å²) < 4.78 is 42.7. The molecule has 3 fully saturated rings. The molecule has 15 nitrogen and oxygen atoms in total. The molecule has 328 valence electrons. The Morgan fingerprint density at radius 3 is 2.39 bits per heavy atom. The van der Waals surface area contributed by atoms with E-state index in [0.717, 1.165) is 44.8 Å². The van der Waals surface area contributed by atoms with Crippen molar-refractivity contribution in [3.63, 3.8) is 0 Å². The van der Waals surface area contributed by atoms with E-state index in [1.807, 2.05) is 24.4 Å². The van der Waals surface area contributed by atoms with Crippen LogP contribution in [0, 0.1) is 17.8 Å². The number of methoxy groups -OCH3 is 1. The Morgan fingerprint density at radius 2 is 1.73 bits per heavy atom. The number of ether oxygens (including phenoxy) is 4. The number of carbonyl (C=O) groups excluding carboxylic acids is 4. The summed E-state index contributed by atoms with van der Waals surface area (Å²) in [6.45, 7) is 13.4. The van der Waals surface area contributed by atoms with Crippen LogP contribution in [0.25, 0.3) is 11.3 Å². The molecule has 0 spiro atoms. The molecule has 3 aliphatic heterocycles. The average Bonchev–Trinajstić information content (AvgIpc) is 3.78. The van der Waals surface area contributed by atoms with E-state index < -0.39 is 76.8 Å². The van der Waals surface area contributed by atoms with Gasteiger partial charge in [0.25, 0.3) is 5.67 Å². The lowest BCUT2D eigenvalue weighted by Crippen LogP contribution is -2.60. The number of amides is 1. The Kier molecular flexibility index (Phi) is 15.0. The minimum Gasteiger partial charge on any atom is -0.455 e. The first-order valence-corrected chi connectivity index (χ1v) is 21.2. The number of cyclic esters (lactones) is 1. The smallest absolute Gasteiger partial charge is 0.410 e. The fourth-order valence-corrected chi connectivity index (χ4v) is 9.47. The number of unbranched alkanes of at least 4 members (excludes halogenated alkanes) is 1. The fourth-order valence-electron chi connectivity index (χ4n) is 9.47. The number of aliphatic hydroxyl groups is 1. The highest BCUT2D eigenvalue weighted by Crippen LogP contribution is 2.43. The molecule has 1 aromatic carbocycles. The van der Waals surface area contributed by atoms with E-state index in [2.05, 4.69) is 15.2 Å². The van der Waals surface area contributed by atoms with Gasteiger partial charge in [0, 0.05) is 55.7 Å². The second-order valence-electron chi connectivity index (χ2n) is 17.4. The summed E-state index contributed by atoms with van der Waals surface area (Å²) in [7, 11) is 1.43. The largest absolute Gasteiger partial charge is 0.455 e. The van der Waals surface area contributed by atoms with Crippen molar-refractivity contribution in [1.82, 2.24) is 24.8 Å². The van der Waals surface area contributed by atoms with Gasteiger partial charge in [-0.1, -0.05) is 51.5 Å². The Balaban J connectivity index is 1.40. The summed E-state index contributed by atoms with van der Waals surface area (Å²) in [5.41, 5.74) is 2.00. The molecule has 3 aliphatic rings. The maximum Gasteiger partial charge on any atom is 0.410 e. The number of nitrogen functional groups attached to an aromatic ring is 1. The van der Waals surface area contributed by atoms with Crippen molar-refractivity contribution in [3.05, 3.63) is 30.5 Å². The number of aromatic nitrogens is 3. The number of hydrogen-bond acceptors (Lipinski definition) is 13. The third kappa shape index (κ3) is 10.1. The van der Waals surface area contributed by atoms with Crippen LogP contribution in [0.3, 0.4) is 0 Å². The summed E-state index contributed by atoms with van der Waals surface area (Å²) in [6, 6.07) is 6.43. The number of anilines is 1. The molecule has 0 bridgehead atoms. The number of β-amino-alcohol motifs (C(OH)–C–C–N with tert-alkyl or cyclic N) is 1. The predicted molar refractivity (Wildman–Crippen MR) is 218 cm³/mol. The van der Waals surface area contributed by atoms with Crippen molar-refractivity contribution >= 4 is 29.3 Å². The fraction of sp³-hybridized carbons (Fsp3) is 0.721. The minimum atomic E-state index is -3.13. The molecule has 0 aliphatic carbocycles. The van der Waals surface area contributed by atoms with Crippen molar-refractivity contribution in [1.29, 1.82) is 0 Å². The number of piperidine rings is 1. The Morgan fingerprint density at radius 1 is 1.03 bits per heavy atom. The van der Waals surface area contributed by atoms with Gasteiger partial charge < -0.3 is 39.6 Å². The summed E-state index contributed by atoms with van der Waals surface area (Å²) in [5.74, 6) is -5.55. The molecule has 10 atom stereocenters. The number of aliphatic hydroxyl groups excluding tert-OH is 1. The molecule has 0 radical (unpaired) electrons. The van der Waals surface area contributed by atoms with E-state index in [9.17, 15) is 24.3 Å². The molecule has 1 aromatic heterocycles. The van der Waals surface area contributed by atoms with Crippen LogP contribution in [0.1, 0.15) is 93.4 Å². The first-order valence-electron chi connectivity index (χ1n) is 21.2. The zero-order valence-corrected chi connectivity index (χ0v) is 36.0. The zero-order valence-electron chi connectivity index (χ0n) is 36.0. The lowest BCUT2D eigenvalue weighted by molar-refractivity contribution is -0.188. The third-order valence-corrected chi connectivity index (χ3v) is 12.8. The summed E-state index contributed by atoms with van der Waals surface area (Å²) >= 11 is 0. The zero-order chi connectivity index (χ0) is 43.3. The van der Waals surface area contributed by atoms with E-state index in [1.54, 1.807) is 45.4 Å². The van der Waals surface area contributed by atoms with Gasteiger partial charge in [-0.05, 0) is 84.5 Å². The van der Waals surface area contributed by atoms with Gasteiger partial charge in [-0.15, -0.1) is 5.10 Å². The Hall–Kier alpha value is -3.99. The van der Waals surface area contributed by atoms with Crippen molar-refractivity contribution in [2.24, 2.45) is 17.8 Å². The van der Waals surface area contributed by atoms with Crippen molar-refractivity contribution in [3.8, 4) is 11.3 Å². The van der Waals surface area contributed by atoms with Gasteiger partial charge in [0.15, 0.2) is 11.4 Å². The first kappa shape index (κ1) is 46.1. The van der Waals surface area contributed by atoms with E-state index in [1.165, 1.54) is 18.9 Å². The maximum absolute atomic E-state index is 16.8. The molecule has 2 aromatic rings. The second kappa shape index (κ2) is 19.2. The van der Waals surface area contributed by atoms with Crippen LogP contribution in [0.15, 0.2) is 30.5 Å². The molecule has 3 N–H and O–H groups in total. The normalized spacial score (nSPS) is 33.3. The number of nitrogens with two attached hydrogens (primary N) is 1. The Bertz CT molecular complexity index is 1790. The number of halogens is 1. The lowest BCUT2D eigenvalue weighted by atomic mass is 9.73. The van der Waals surface area contributed by atoms with Crippen molar-refractivity contribution in [2.45, 2.75) is 141 Å². The standard InChI is InChI=1S/C43H65FN6O9/c1-9-34-43(7)36(50(40(55)59-43)21-14-13-20-49-25-33(46-47-49)30-16-15-17-31(45)22-30)28(3)35(52)27(2)23-41(5,56-8)38(29(4)37(53)42(6,44)39(54)58-34)57-26-32(51)24-48-18-11-10-12-19-48/h15-17,22,25,27-29,32,34,36,38,51H,9-14,18-21,23-24,26,45H2,1-8H3/t27-,28+,29+,32+,34-,36-,38-,41-,42+,43-/m1/s1. The van der Waals surface area contributed by atoms with Crippen LogP contribution in [0.2, 0.25) is 0 Å². The van der Waals surface area contributed by atoms with Gasteiger partial charge in [-0.3, -0.25) is 14.3 Å². The molecule has 5 rings (SSSR count). The number of alkyl halides is 1. The molecule has 0 saturated carbocycles. The molecule has 4 heterocycles. The first-order chi connectivity index (χ1) is 27.9. The molecular weight excluding hydrogens is 764 g/mol. The van der Waals surface area contributed by atoms with Crippen LogP contribution in [-0.2, 0) is 39.9 Å². The highest BCUT2D eigenvalue weighted by Gasteiger charge is 2.61. The average molecular weight is 829 g/mol. The number of likely N-dealkylation sites (tertiary alicyclic amines) is 1. The highest BCUT2D eigenvalue weighted by atomic mass is 19.1. The number of aryl methyl sites for hydroxylation is 1. The molecule has 16 heteroatoms. The van der Waals surface area contributed by atoms with Gasteiger partial charge in [0.2, 0.25) is 0 Å².